The molecule has 0 aliphatic heterocycles. The zero-order chi connectivity index (χ0) is 17.6. The van der Waals surface area contributed by atoms with Crippen LogP contribution in [-0.4, -0.2) is 57.5 Å². The van der Waals surface area contributed by atoms with Crippen molar-refractivity contribution in [3.63, 3.8) is 0 Å². The highest BCUT2D eigenvalue weighted by Crippen LogP contribution is 2.16. The summed E-state index contributed by atoms with van der Waals surface area (Å²) in [4.78, 5) is 10.5. The van der Waals surface area contributed by atoms with Gasteiger partial charge >= 0.3 is 0 Å². The van der Waals surface area contributed by atoms with Crippen molar-refractivity contribution in [2.45, 2.75) is 40.0 Å². The maximum atomic E-state index is 5.44. The Labute approximate surface area is 173 Å². The van der Waals surface area contributed by atoms with Crippen LogP contribution in [0.1, 0.15) is 35.3 Å². The van der Waals surface area contributed by atoms with E-state index in [0.717, 1.165) is 57.2 Å². The van der Waals surface area contributed by atoms with Gasteiger partial charge in [-0.3, -0.25) is 4.99 Å². The van der Waals surface area contributed by atoms with Gasteiger partial charge in [-0.2, -0.15) is 0 Å². The maximum Gasteiger partial charge on any atom is 0.191 e. The summed E-state index contributed by atoms with van der Waals surface area (Å²) in [5, 5.41) is 7.83. The number of nitrogens with one attached hydrogen (secondary N) is 2. The summed E-state index contributed by atoms with van der Waals surface area (Å²) in [6.07, 6.45) is 2.97. The van der Waals surface area contributed by atoms with Crippen molar-refractivity contribution in [1.29, 1.82) is 0 Å². The number of hydrogen-bond donors (Lipinski definition) is 2. The molecule has 0 fully saturated rings. The number of aryl methyl sites for hydroxylation is 2. The van der Waals surface area contributed by atoms with Gasteiger partial charge < -0.3 is 20.1 Å². The lowest BCUT2D eigenvalue weighted by molar-refractivity contribution is 0.0690. The Kier molecular flexibility index (Phi) is 15.5. The lowest BCUT2D eigenvalue weighted by atomic mass is 10.3. The molecule has 1 aromatic heterocycles. The fraction of sp³-hybridized carbons (Fsp3) is 0.765. The Hall–Kier alpha value is -0.450. The van der Waals surface area contributed by atoms with Crippen molar-refractivity contribution in [2.75, 3.05) is 46.6 Å². The van der Waals surface area contributed by atoms with E-state index in [0.29, 0.717) is 13.2 Å². The molecule has 0 spiro atoms. The molecule has 0 aliphatic carbocycles. The molecule has 0 radical (unpaired) electrons. The number of methoxy groups -OCH3 is 1. The summed E-state index contributed by atoms with van der Waals surface area (Å²) < 4.78 is 10.4. The number of thiazole rings is 1. The van der Waals surface area contributed by atoms with E-state index in [9.17, 15) is 0 Å². The van der Waals surface area contributed by atoms with E-state index < -0.39 is 0 Å². The fourth-order valence-corrected chi connectivity index (χ4v) is 2.96. The predicted molar refractivity (Wildman–Crippen MR) is 117 cm³/mol. The van der Waals surface area contributed by atoms with E-state index in [2.05, 4.69) is 41.4 Å². The first-order chi connectivity index (χ1) is 11.7. The molecular weight excluding hydrogens is 451 g/mol. The molecule has 8 heteroatoms. The summed E-state index contributed by atoms with van der Waals surface area (Å²) in [5.74, 6) is 0.878. The molecule has 0 aromatic carbocycles. The monoisotopic (exact) mass is 484 g/mol. The minimum absolute atomic E-state index is 0. The number of hydrogen-bond acceptors (Lipinski definition) is 5. The van der Waals surface area contributed by atoms with Gasteiger partial charge in [0.1, 0.15) is 0 Å². The minimum atomic E-state index is 0. The van der Waals surface area contributed by atoms with Crippen molar-refractivity contribution in [1.82, 2.24) is 15.6 Å². The van der Waals surface area contributed by atoms with Gasteiger partial charge in [0.05, 0.1) is 23.9 Å². The molecule has 0 atom stereocenters. The van der Waals surface area contributed by atoms with E-state index in [1.165, 1.54) is 9.88 Å². The third-order valence-electron chi connectivity index (χ3n) is 3.45. The zero-order valence-corrected chi connectivity index (χ0v) is 19.0. The molecule has 0 saturated carbocycles. The number of rotatable bonds is 12. The van der Waals surface area contributed by atoms with Crippen LogP contribution in [0.15, 0.2) is 4.99 Å². The fourth-order valence-electron chi connectivity index (χ4n) is 2.03. The lowest BCUT2D eigenvalue weighted by Crippen LogP contribution is -2.38. The highest BCUT2D eigenvalue weighted by Gasteiger charge is 2.04. The molecule has 0 amide bonds. The van der Waals surface area contributed by atoms with Crippen LogP contribution in [0.5, 0.6) is 0 Å². The molecule has 0 bridgehead atoms. The minimum Gasteiger partial charge on any atom is -0.382 e. The van der Waals surface area contributed by atoms with Gasteiger partial charge in [0, 0.05) is 44.6 Å². The Morgan fingerprint density at radius 1 is 1.16 bits per heavy atom. The molecule has 6 nitrogen and oxygen atoms in total. The van der Waals surface area contributed by atoms with Gasteiger partial charge in [-0.15, -0.1) is 35.3 Å². The van der Waals surface area contributed by atoms with Crippen LogP contribution in [0.4, 0.5) is 0 Å². The van der Waals surface area contributed by atoms with Crippen molar-refractivity contribution < 1.29 is 9.47 Å². The van der Waals surface area contributed by atoms with Crippen LogP contribution in [0.25, 0.3) is 0 Å². The normalized spacial score (nSPS) is 11.3. The molecule has 1 aromatic rings. The van der Waals surface area contributed by atoms with E-state index in [1.54, 1.807) is 18.4 Å². The number of aliphatic imine (C=N–C) groups is 1. The van der Waals surface area contributed by atoms with Crippen molar-refractivity contribution in [2.24, 2.45) is 4.99 Å². The summed E-state index contributed by atoms with van der Waals surface area (Å²) in [7, 11) is 1.68. The maximum absolute atomic E-state index is 5.44. The highest BCUT2D eigenvalue weighted by atomic mass is 127. The molecular formula is C17H33IN4O2S. The van der Waals surface area contributed by atoms with E-state index in [1.807, 2.05) is 0 Å². The third kappa shape index (κ3) is 11.7. The quantitative estimate of drug-likeness (QED) is 0.207. The van der Waals surface area contributed by atoms with Crippen LogP contribution >= 0.6 is 35.3 Å². The Morgan fingerprint density at radius 3 is 2.60 bits per heavy atom. The molecule has 146 valence electrons. The number of nitrogens with zero attached hydrogens (tertiary/aromatic N) is 2. The van der Waals surface area contributed by atoms with Gasteiger partial charge in [-0.25, -0.2) is 4.98 Å². The van der Waals surface area contributed by atoms with Crippen LogP contribution < -0.4 is 10.6 Å². The average Bonchev–Trinajstić information content (AvgIpc) is 2.88. The zero-order valence-electron chi connectivity index (χ0n) is 15.9. The summed E-state index contributed by atoms with van der Waals surface area (Å²) in [5.41, 5.74) is 1.14. The number of halogens is 1. The van der Waals surface area contributed by atoms with Gasteiger partial charge in [0.25, 0.3) is 0 Å². The molecule has 2 N–H and O–H groups in total. The first-order valence-corrected chi connectivity index (χ1v) is 9.50. The lowest BCUT2D eigenvalue weighted by Gasteiger charge is -2.10. The standard InChI is InChI=1S/C17H32N4O2S.HI/c1-5-18-17(19-9-6-7-11-23-13-12-22-4)20-10-8-16-21-14(2)15(3)24-16;/h5-13H2,1-4H3,(H2,18,19,20);1H. The van der Waals surface area contributed by atoms with Crippen molar-refractivity contribution in [3.05, 3.63) is 15.6 Å². The smallest absolute Gasteiger partial charge is 0.191 e. The highest BCUT2D eigenvalue weighted by molar-refractivity contribution is 14.0. The van der Waals surface area contributed by atoms with Crippen LogP contribution in [0.2, 0.25) is 0 Å². The molecule has 0 saturated heterocycles. The third-order valence-corrected chi connectivity index (χ3v) is 4.58. The second-order valence-electron chi connectivity index (χ2n) is 5.50. The van der Waals surface area contributed by atoms with E-state index in [-0.39, 0.29) is 24.0 Å². The molecule has 1 rings (SSSR count). The van der Waals surface area contributed by atoms with Gasteiger partial charge in [0.2, 0.25) is 0 Å². The Bertz CT molecular complexity index is 464. The van der Waals surface area contributed by atoms with E-state index >= 15 is 0 Å². The van der Waals surface area contributed by atoms with Crippen LogP contribution in [0.3, 0.4) is 0 Å². The van der Waals surface area contributed by atoms with Crippen molar-refractivity contribution in [3.8, 4) is 0 Å². The van der Waals surface area contributed by atoms with Crippen LogP contribution in [0, 0.1) is 13.8 Å². The summed E-state index contributed by atoms with van der Waals surface area (Å²) in [6, 6.07) is 0. The number of unbranched alkanes of at least 4 members (excludes halogenated alkanes) is 1. The predicted octanol–water partition coefficient (Wildman–Crippen LogP) is 2.92. The number of ether oxygens (including phenoxy) is 2. The molecule has 0 aliphatic rings. The topological polar surface area (TPSA) is 67.8 Å². The largest absolute Gasteiger partial charge is 0.382 e. The molecule has 0 unspecified atom stereocenters. The summed E-state index contributed by atoms with van der Waals surface area (Å²) >= 11 is 1.78. The van der Waals surface area contributed by atoms with Gasteiger partial charge in [0.15, 0.2) is 5.96 Å². The second kappa shape index (κ2) is 15.8. The molecule has 25 heavy (non-hydrogen) atoms. The number of aromatic nitrogens is 1. The van der Waals surface area contributed by atoms with Crippen LogP contribution in [-0.2, 0) is 15.9 Å². The first kappa shape index (κ1) is 24.6. The van der Waals surface area contributed by atoms with E-state index in [4.69, 9.17) is 9.47 Å². The van der Waals surface area contributed by atoms with Crippen molar-refractivity contribution >= 4 is 41.3 Å². The second-order valence-corrected chi connectivity index (χ2v) is 6.79. The SMILES string of the molecule is CCNC(=NCCCCOCCOC)NCCc1nc(C)c(C)s1.I. The van der Waals surface area contributed by atoms with Gasteiger partial charge in [-0.1, -0.05) is 0 Å². The Morgan fingerprint density at radius 2 is 1.96 bits per heavy atom. The summed E-state index contributed by atoms with van der Waals surface area (Å²) in [6.45, 7) is 10.9. The first-order valence-electron chi connectivity index (χ1n) is 8.69. The van der Waals surface area contributed by atoms with Gasteiger partial charge in [-0.05, 0) is 33.6 Å². The number of guanidine groups is 1. The average molecular weight is 484 g/mol. The Balaban J connectivity index is 0.00000576. The molecule has 1 heterocycles.